The minimum absolute atomic E-state index is 0.400. The quantitative estimate of drug-likeness (QED) is 0.729. The second-order valence-electron chi connectivity index (χ2n) is 2.75. The van der Waals surface area contributed by atoms with Gasteiger partial charge in [0.15, 0.2) is 0 Å². The van der Waals surface area contributed by atoms with Crippen LogP contribution in [0.3, 0.4) is 0 Å². The average molecular weight is 268 g/mol. The molecule has 1 aromatic heterocycles. The molecule has 0 amide bonds. The second kappa shape index (κ2) is 3.13. The Morgan fingerprint density at radius 1 is 1.17 bits per heavy atom. The maximum absolute atomic E-state index is 5.81. The summed E-state index contributed by atoms with van der Waals surface area (Å²) in [5, 5.41) is 0.800. The van der Waals surface area contributed by atoms with Crippen molar-refractivity contribution < 1.29 is 0 Å². The third-order valence-corrected chi connectivity index (χ3v) is 3.48. The summed E-state index contributed by atoms with van der Waals surface area (Å²) in [6.07, 6.45) is 2.29. The summed E-state index contributed by atoms with van der Waals surface area (Å²) in [7, 11) is 0. The van der Waals surface area contributed by atoms with Crippen LogP contribution in [0.2, 0.25) is 10.3 Å². The molecule has 1 aliphatic rings. The van der Waals surface area contributed by atoms with Gasteiger partial charge in [0.1, 0.15) is 16.1 Å². The Morgan fingerprint density at radius 2 is 1.67 bits per heavy atom. The number of rotatable bonds is 1. The monoisotopic (exact) mass is 266 g/mol. The van der Waals surface area contributed by atoms with Crippen molar-refractivity contribution in [1.82, 2.24) is 9.97 Å². The van der Waals surface area contributed by atoms with E-state index < -0.39 is 0 Å². The molecule has 1 saturated carbocycles. The largest absolute Gasteiger partial charge is 0.220 e. The van der Waals surface area contributed by atoms with Gasteiger partial charge in [-0.05, 0) is 28.8 Å². The summed E-state index contributed by atoms with van der Waals surface area (Å²) >= 11 is 14.8. The highest BCUT2D eigenvalue weighted by atomic mass is 79.9. The average Bonchev–Trinajstić information content (AvgIpc) is 2.81. The van der Waals surface area contributed by atoms with E-state index in [-0.39, 0.29) is 0 Å². The van der Waals surface area contributed by atoms with Crippen LogP contribution in [0.5, 0.6) is 0 Å². The van der Waals surface area contributed by atoms with E-state index in [0.29, 0.717) is 20.7 Å². The highest BCUT2D eigenvalue weighted by Gasteiger charge is 2.27. The van der Waals surface area contributed by atoms with Crippen molar-refractivity contribution in [2.24, 2.45) is 0 Å². The Balaban J connectivity index is 2.45. The molecular weight excluding hydrogens is 263 g/mol. The zero-order valence-corrected chi connectivity index (χ0v) is 9.12. The first kappa shape index (κ1) is 8.73. The highest BCUT2D eigenvalue weighted by molar-refractivity contribution is 9.10. The Hall–Kier alpha value is 0.140. The van der Waals surface area contributed by atoms with Crippen molar-refractivity contribution in [3.05, 3.63) is 20.6 Å². The fourth-order valence-electron chi connectivity index (χ4n) is 0.934. The van der Waals surface area contributed by atoms with Gasteiger partial charge in [0.2, 0.25) is 0 Å². The Morgan fingerprint density at radius 3 is 2.08 bits per heavy atom. The molecule has 2 rings (SSSR count). The van der Waals surface area contributed by atoms with Crippen LogP contribution < -0.4 is 0 Å². The van der Waals surface area contributed by atoms with Gasteiger partial charge in [0.25, 0.3) is 0 Å². The predicted octanol–water partition coefficient (Wildman–Crippen LogP) is 3.42. The van der Waals surface area contributed by atoms with Gasteiger partial charge in [-0.1, -0.05) is 23.2 Å². The molecule has 0 aromatic carbocycles. The molecule has 0 radical (unpaired) electrons. The lowest BCUT2D eigenvalue weighted by molar-refractivity contribution is 0.922. The molecule has 0 unspecified atom stereocenters. The summed E-state index contributed by atoms with van der Waals surface area (Å²) in [5.74, 6) is 1.25. The number of halogens is 3. The standard InChI is InChI=1S/C7H5BrCl2N2/c8-4-5(9)11-7(3-1-2-3)12-6(4)10/h3H,1-2H2. The first-order chi connectivity index (χ1) is 5.68. The molecule has 2 nitrogen and oxygen atoms in total. The minimum Gasteiger partial charge on any atom is -0.220 e. The van der Waals surface area contributed by atoms with Crippen molar-refractivity contribution in [3.63, 3.8) is 0 Å². The molecule has 0 N–H and O–H groups in total. The van der Waals surface area contributed by atoms with Gasteiger partial charge in [-0.15, -0.1) is 0 Å². The topological polar surface area (TPSA) is 25.8 Å². The molecule has 0 aliphatic heterocycles. The fourth-order valence-corrected chi connectivity index (χ4v) is 1.51. The minimum atomic E-state index is 0.400. The van der Waals surface area contributed by atoms with Gasteiger partial charge in [-0.3, -0.25) is 0 Å². The van der Waals surface area contributed by atoms with Crippen LogP contribution in [-0.4, -0.2) is 9.97 Å². The van der Waals surface area contributed by atoms with Gasteiger partial charge in [-0.2, -0.15) is 0 Å². The van der Waals surface area contributed by atoms with E-state index in [1.807, 2.05) is 0 Å². The maximum atomic E-state index is 5.81. The third kappa shape index (κ3) is 1.58. The first-order valence-electron chi connectivity index (χ1n) is 3.57. The lowest BCUT2D eigenvalue weighted by atomic mass is 10.4. The van der Waals surface area contributed by atoms with Crippen molar-refractivity contribution in [3.8, 4) is 0 Å². The van der Waals surface area contributed by atoms with E-state index in [2.05, 4.69) is 25.9 Å². The van der Waals surface area contributed by atoms with Gasteiger partial charge >= 0.3 is 0 Å². The van der Waals surface area contributed by atoms with E-state index in [1.54, 1.807) is 0 Å². The number of nitrogens with zero attached hydrogens (tertiary/aromatic N) is 2. The molecule has 64 valence electrons. The zero-order valence-electron chi connectivity index (χ0n) is 6.02. The maximum Gasteiger partial charge on any atom is 0.148 e. The lowest BCUT2D eigenvalue weighted by Crippen LogP contribution is -1.94. The zero-order chi connectivity index (χ0) is 8.72. The fraction of sp³-hybridized carbons (Fsp3) is 0.429. The lowest BCUT2D eigenvalue weighted by Gasteiger charge is -2.00. The predicted molar refractivity (Wildman–Crippen MR) is 51.7 cm³/mol. The normalized spacial score (nSPS) is 16.6. The molecule has 1 aliphatic carbocycles. The van der Waals surface area contributed by atoms with Crippen LogP contribution in [-0.2, 0) is 0 Å². The molecular formula is C7H5BrCl2N2. The van der Waals surface area contributed by atoms with Crippen LogP contribution in [0, 0.1) is 0 Å². The third-order valence-electron chi connectivity index (χ3n) is 1.73. The second-order valence-corrected chi connectivity index (χ2v) is 4.26. The van der Waals surface area contributed by atoms with Gasteiger partial charge < -0.3 is 0 Å². The van der Waals surface area contributed by atoms with Crippen LogP contribution in [0.4, 0.5) is 0 Å². The van der Waals surface area contributed by atoms with Crippen molar-refractivity contribution in [1.29, 1.82) is 0 Å². The molecule has 5 heteroatoms. The molecule has 1 fully saturated rings. The Kier molecular flexibility index (Phi) is 2.27. The molecule has 0 bridgehead atoms. The molecule has 0 spiro atoms. The highest BCUT2D eigenvalue weighted by Crippen LogP contribution is 2.40. The summed E-state index contributed by atoms with van der Waals surface area (Å²) in [6, 6.07) is 0. The summed E-state index contributed by atoms with van der Waals surface area (Å²) < 4.78 is 0.579. The van der Waals surface area contributed by atoms with E-state index >= 15 is 0 Å². The van der Waals surface area contributed by atoms with E-state index in [4.69, 9.17) is 23.2 Å². The summed E-state index contributed by atoms with van der Waals surface area (Å²) in [5.41, 5.74) is 0. The summed E-state index contributed by atoms with van der Waals surface area (Å²) in [6.45, 7) is 0. The van der Waals surface area contributed by atoms with Crippen LogP contribution in [0.25, 0.3) is 0 Å². The molecule has 0 atom stereocenters. The van der Waals surface area contributed by atoms with Crippen molar-refractivity contribution in [2.45, 2.75) is 18.8 Å². The number of aromatic nitrogens is 2. The number of hydrogen-bond acceptors (Lipinski definition) is 2. The van der Waals surface area contributed by atoms with Crippen molar-refractivity contribution in [2.75, 3.05) is 0 Å². The van der Waals surface area contributed by atoms with Gasteiger partial charge in [0.05, 0.1) is 4.47 Å². The first-order valence-corrected chi connectivity index (χ1v) is 5.12. The number of hydrogen-bond donors (Lipinski definition) is 0. The molecule has 1 aromatic rings. The summed E-state index contributed by atoms with van der Waals surface area (Å²) in [4.78, 5) is 8.24. The Labute approximate surface area is 88.4 Å². The molecule has 0 saturated heterocycles. The van der Waals surface area contributed by atoms with E-state index in [0.717, 1.165) is 18.7 Å². The molecule has 12 heavy (non-hydrogen) atoms. The van der Waals surface area contributed by atoms with E-state index in [1.165, 1.54) is 0 Å². The van der Waals surface area contributed by atoms with Gasteiger partial charge in [-0.25, -0.2) is 9.97 Å². The SMILES string of the molecule is Clc1nc(C2CC2)nc(Cl)c1Br. The smallest absolute Gasteiger partial charge is 0.148 e. The van der Waals surface area contributed by atoms with Crippen LogP contribution in [0.1, 0.15) is 24.6 Å². The van der Waals surface area contributed by atoms with Crippen LogP contribution >= 0.6 is 39.1 Å². The van der Waals surface area contributed by atoms with Gasteiger partial charge in [0, 0.05) is 5.92 Å². The van der Waals surface area contributed by atoms with E-state index in [9.17, 15) is 0 Å². The van der Waals surface area contributed by atoms with Crippen LogP contribution in [0.15, 0.2) is 4.47 Å². The Bertz CT molecular complexity index is 302. The van der Waals surface area contributed by atoms with Crippen molar-refractivity contribution >= 4 is 39.1 Å². The molecule has 1 heterocycles.